The van der Waals surface area contributed by atoms with Gasteiger partial charge in [-0.15, -0.1) is 0 Å². The molecule has 1 fully saturated rings. The third-order valence-electron chi connectivity index (χ3n) is 2.70. The zero-order valence-corrected chi connectivity index (χ0v) is 9.28. The Morgan fingerprint density at radius 2 is 2.39 bits per heavy atom. The first-order valence-electron chi connectivity index (χ1n) is 5.26. The molecule has 0 bridgehead atoms. The third kappa shape index (κ3) is 2.38. The van der Waals surface area contributed by atoms with Gasteiger partial charge in [0.1, 0.15) is 5.92 Å². The number of carboxylic acids is 1. The monoisotopic (exact) mass is 253 g/mol. The Labute approximate surface area is 102 Å². The average molecular weight is 253 g/mol. The van der Waals surface area contributed by atoms with Crippen molar-refractivity contribution >= 4 is 17.5 Å². The van der Waals surface area contributed by atoms with Gasteiger partial charge < -0.3 is 15.2 Å². The van der Waals surface area contributed by atoms with E-state index in [1.54, 1.807) is 0 Å². The molecule has 8 nitrogen and oxygen atoms in total. The van der Waals surface area contributed by atoms with Crippen molar-refractivity contribution < 1.29 is 19.6 Å². The molecular formula is C10H11N3O5. The van der Waals surface area contributed by atoms with E-state index in [-0.39, 0.29) is 24.7 Å². The van der Waals surface area contributed by atoms with Crippen molar-refractivity contribution in [2.24, 2.45) is 5.92 Å². The number of hydrogen-bond donors (Lipinski definition) is 2. The Hall–Kier alpha value is -2.22. The molecule has 0 radical (unpaired) electrons. The van der Waals surface area contributed by atoms with Crippen molar-refractivity contribution in [2.75, 3.05) is 18.5 Å². The minimum absolute atomic E-state index is 0.0595. The topological polar surface area (TPSA) is 115 Å². The van der Waals surface area contributed by atoms with Gasteiger partial charge in [0.2, 0.25) is 5.82 Å². The minimum Gasteiger partial charge on any atom is -0.481 e. The second kappa shape index (κ2) is 4.96. The maximum Gasteiger partial charge on any atom is 0.311 e. The molecule has 0 amide bonds. The van der Waals surface area contributed by atoms with Crippen LogP contribution in [0.3, 0.4) is 0 Å². The van der Waals surface area contributed by atoms with Gasteiger partial charge in [-0.05, 0) is 6.07 Å². The molecule has 0 aliphatic carbocycles. The maximum absolute atomic E-state index is 10.9. The van der Waals surface area contributed by atoms with E-state index in [1.807, 2.05) is 0 Å². The largest absolute Gasteiger partial charge is 0.481 e. The summed E-state index contributed by atoms with van der Waals surface area (Å²) >= 11 is 0. The fourth-order valence-electron chi connectivity index (χ4n) is 1.77. The molecule has 96 valence electrons. The van der Waals surface area contributed by atoms with Crippen molar-refractivity contribution in [2.45, 2.75) is 6.04 Å². The lowest BCUT2D eigenvalue weighted by molar-refractivity contribution is -0.384. The third-order valence-corrected chi connectivity index (χ3v) is 2.70. The number of carbonyl (C=O) groups is 1. The van der Waals surface area contributed by atoms with Gasteiger partial charge in [-0.2, -0.15) is 0 Å². The van der Waals surface area contributed by atoms with Gasteiger partial charge in [0, 0.05) is 12.3 Å². The lowest BCUT2D eigenvalue weighted by Crippen LogP contribution is -2.33. The zero-order valence-electron chi connectivity index (χ0n) is 9.28. The summed E-state index contributed by atoms with van der Waals surface area (Å²) in [5.74, 6) is -1.67. The quantitative estimate of drug-likeness (QED) is 0.593. The normalized spacial score (nSPS) is 22.7. The van der Waals surface area contributed by atoms with Gasteiger partial charge in [0.15, 0.2) is 0 Å². The van der Waals surface area contributed by atoms with E-state index in [1.165, 1.54) is 18.3 Å². The van der Waals surface area contributed by atoms with Crippen LogP contribution in [0.25, 0.3) is 0 Å². The molecule has 2 atom stereocenters. The van der Waals surface area contributed by atoms with Gasteiger partial charge in [-0.1, -0.05) is 0 Å². The van der Waals surface area contributed by atoms with Crippen molar-refractivity contribution in [3.05, 3.63) is 28.4 Å². The lowest BCUT2D eigenvalue weighted by Gasteiger charge is -2.15. The molecule has 2 rings (SSSR count). The molecule has 1 aromatic rings. The first-order valence-corrected chi connectivity index (χ1v) is 5.26. The maximum atomic E-state index is 10.9. The van der Waals surface area contributed by atoms with Gasteiger partial charge in [-0.25, -0.2) is 4.98 Å². The Morgan fingerprint density at radius 3 is 3.06 bits per heavy atom. The molecule has 0 spiro atoms. The van der Waals surface area contributed by atoms with Crippen LogP contribution in [0, 0.1) is 16.0 Å². The van der Waals surface area contributed by atoms with E-state index in [2.05, 4.69) is 10.3 Å². The summed E-state index contributed by atoms with van der Waals surface area (Å²) in [6.07, 6.45) is 1.40. The molecule has 1 aromatic heterocycles. The molecule has 8 heteroatoms. The number of nitrogens with one attached hydrogen (secondary N) is 1. The van der Waals surface area contributed by atoms with E-state index < -0.39 is 22.9 Å². The standard InChI is InChI=1S/C10H11N3O5/c14-10(15)6-4-18-5-7(6)12-9-8(13(16)17)2-1-3-11-9/h1-3,6-7H,4-5H2,(H,11,12)(H,14,15). The summed E-state index contributed by atoms with van der Waals surface area (Å²) in [6, 6.07) is 2.24. The fourth-order valence-corrected chi connectivity index (χ4v) is 1.77. The predicted octanol–water partition coefficient (Wildman–Crippen LogP) is 0.501. The van der Waals surface area contributed by atoms with Crippen LogP contribution >= 0.6 is 0 Å². The summed E-state index contributed by atoms with van der Waals surface area (Å²) in [6.45, 7) is 0.276. The van der Waals surface area contributed by atoms with Crippen LogP contribution in [0.15, 0.2) is 18.3 Å². The Morgan fingerprint density at radius 1 is 1.61 bits per heavy atom. The van der Waals surface area contributed by atoms with Gasteiger partial charge >= 0.3 is 11.7 Å². The van der Waals surface area contributed by atoms with Gasteiger partial charge in [0.25, 0.3) is 0 Å². The van der Waals surface area contributed by atoms with Crippen LogP contribution in [-0.4, -0.2) is 40.2 Å². The van der Waals surface area contributed by atoms with Crippen LogP contribution in [0.4, 0.5) is 11.5 Å². The molecule has 0 aromatic carbocycles. The number of pyridine rings is 1. The minimum atomic E-state index is -0.997. The number of carboxylic acid groups (broad SMARTS) is 1. The summed E-state index contributed by atoms with van der Waals surface area (Å²) in [5.41, 5.74) is -0.187. The molecule has 1 aliphatic rings. The van der Waals surface area contributed by atoms with E-state index in [0.717, 1.165) is 0 Å². The number of nitro groups is 1. The number of ether oxygens (including phenoxy) is 1. The number of aromatic nitrogens is 1. The molecule has 2 N–H and O–H groups in total. The van der Waals surface area contributed by atoms with Crippen molar-refractivity contribution in [3.63, 3.8) is 0 Å². The second-order valence-corrected chi connectivity index (χ2v) is 3.86. The van der Waals surface area contributed by atoms with Crippen LogP contribution in [-0.2, 0) is 9.53 Å². The van der Waals surface area contributed by atoms with E-state index >= 15 is 0 Å². The number of nitrogens with zero attached hydrogens (tertiary/aromatic N) is 2. The molecular weight excluding hydrogens is 242 g/mol. The SMILES string of the molecule is O=C(O)C1COCC1Nc1ncccc1[N+](=O)[O-]. The second-order valence-electron chi connectivity index (χ2n) is 3.86. The Kier molecular flexibility index (Phi) is 3.38. The van der Waals surface area contributed by atoms with Crippen molar-refractivity contribution in [3.8, 4) is 0 Å². The van der Waals surface area contributed by atoms with Crippen molar-refractivity contribution in [1.82, 2.24) is 4.98 Å². The van der Waals surface area contributed by atoms with E-state index in [0.29, 0.717) is 0 Å². The highest BCUT2D eigenvalue weighted by molar-refractivity contribution is 5.72. The summed E-state index contributed by atoms with van der Waals surface area (Å²) in [4.78, 5) is 25.0. The highest BCUT2D eigenvalue weighted by atomic mass is 16.6. The first kappa shape index (κ1) is 12.2. The molecule has 1 aliphatic heterocycles. The smallest absolute Gasteiger partial charge is 0.311 e. The van der Waals surface area contributed by atoms with Gasteiger partial charge in [-0.3, -0.25) is 14.9 Å². The van der Waals surface area contributed by atoms with Crippen molar-refractivity contribution in [1.29, 1.82) is 0 Å². The van der Waals surface area contributed by atoms with Crippen LogP contribution in [0.1, 0.15) is 0 Å². The number of hydrogen-bond acceptors (Lipinski definition) is 6. The summed E-state index contributed by atoms with van der Waals surface area (Å²) in [7, 11) is 0. The van der Waals surface area contributed by atoms with Gasteiger partial charge in [0.05, 0.1) is 24.2 Å². The Bertz CT molecular complexity index is 478. The summed E-state index contributed by atoms with van der Waals surface area (Å²) < 4.78 is 5.06. The fraction of sp³-hybridized carbons (Fsp3) is 0.400. The average Bonchev–Trinajstić information content (AvgIpc) is 2.77. The molecule has 1 saturated heterocycles. The molecule has 2 unspecified atom stereocenters. The molecule has 18 heavy (non-hydrogen) atoms. The summed E-state index contributed by atoms with van der Waals surface area (Å²) in [5, 5.41) is 22.5. The first-order chi connectivity index (χ1) is 8.59. The number of rotatable bonds is 4. The van der Waals surface area contributed by atoms with E-state index in [4.69, 9.17) is 9.84 Å². The Balaban J connectivity index is 2.19. The molecule has 0 saturated carbocycles. The van der Waals surface area contributed by atoms with Crippen LogP contribution in [0.5, 0.6) is 0 Å². The lowest BCUT2D eigenvalue weighted by atomic mass is 10.0. The highest BCUT2D eigenvalue weighted by Gasteiger charge is 2.35. The predicted molar refractivity (Wildman–Crippen MR) is 60.2 cm³/mol. The van der Waals surface area contributed by atoms with Crippen LogP contribution < -0.4 is 5.32 Å². The zero-order chi connectivity index (χ0) is 13.1. The highest BCUT2D eigenvalue weighted by Crippen LogP contribution is 2.24. The number of aliphatic carboxylic acids is 1. The van der Waals surface area contributed by atoms with E-state index in [9.17, 15) is 14.9 Å². The molecule has 2 heterocycles. The van der Waals surface area contributed by atoms with Crippen LogP contribution in [0.2, 0.25) is 0 Å². The number of anilines is 1.